The summed E-state index contributed by atoms with van der Waals surface area (Å²) in [6, 6.07) is 7.71. The molecule has 0 radical (unpaired) electrons. The maximum Gasteiger partial charge on any atom is 0.181 e. The van der Waals surface area contributed by atoms with Gasteiger partial charge < -0.3 is 9.84 Å². The lowest BCUT2D eigenvalue weighted by Crippen LogP contribution is -2.62. The quantitative estimate of drug-likeness (QED) is 0.556. The topological polar surface area (TPSA) is 102 Å². The summed E-state index contributed by atoms with van der Waals surface area (Å²) >= 11 is 1.39. The van der Waals surface area contributed by atoms with E-state index in [1.54, 1.807) is 18.3 Å². The first-order valence-electron chi connectivity index (χ1n) is 13.9. The van der Waals surface area contributed by atoms with Crippen LogP contribution < -0.4 is 0 Å². The number of nitrogens with zero attached hydrogens (tertiary/aromatic N) is 3. The standard InChI is InChI=1S/C31H33N3O4S/c1-17-34-31(25(37)16-39-27-15-32-22-6-4-5-7-23(22)33-27)26(38-17)13-21-20-9-8-18-12-19(35)10-11-29(18,2)28(20)24(36)14-30(21,31)3/h4-7,10-12,15,20-21,24,26,28,36H,8-9,13-14,16H2,1-3H3/t20?,21?,24?,26-,28?,29?,30?,31-/m1/s1. The van der Waals surface area contributed by atoms with Gasteiger partial charge in [-0.3, -0.25) is 14.6 Å². The van der Waals surface area contributed by atoms with Gasteiger partial charge >= 0.3 is 0 Å². The lowest BCUT2D eigenvalue weighted by atomic mass is 9.46. The number of para-hydroxylation sites is 2. The third kappa shape index (κ3) is 3.43. The van der Waals surface area contributed by atoms with Crippen molar-refractivity contribution < 1.29 is 19.4 Å². The van der Waals surface area contributed by atoms with Crippen LogP contribution in [0.5, 0.6) is 0 Å². The highest BCUT2D eigenvalue weighted by atomic mass is 32.2. The van der Waals surface area contributed by atoms with Crippen LogP contribution in [0, 0.1) is 28.6 Å². The Morgan fingerprint density at radius 3 is 2.85 bits per heavy atom. The van der Waals surface area contributed by atoms with E-state index in [1.807, 2.05) is 37.3 Å². The van der Waals surface area contributed by atoms with Crippen molar-refractivity contribution in [2.45, 2.75) is 69.2 Å². The number of hydrogen-bond donors (Lipinski definition) is 1. The number of ether oxygens (including phenoxy) is 1. The van der Waals surface area contributed by atoms with Gasteiger partial charge in [0.1, 0.15) is 11.1 Å². The van der Waals surface area contributed by atoms with E-state index in [9.17, 15) is 14.7 Å². The van der Waals surface area contributed by atoms with Crippen LogP contribution in [-0.2, 0) is 14.3 Å². The number of benzene rings is 1. The summed E-state index contributed by atoms with van der Waals surface area (Å²) in [5, 5.41) is 12.5. The Labute approximate surface area is 232 Å². The minimum Gasteiger partial charge on any atom is -0.475 e. The molecule has 39 heavy (non-hydrogen) atoms. The predicted molar refractivity (Wildman–Crippen MR) is 149 cm³/mol. The molecule has 0 amide bonds. The monoisotopic (exact) mass is 543 g/mol. The van der Waals surface area contributed by atoms with Gasteiger partial charge in [-0.2, -0.15) is 0 Å². The summed E-state index contributed by atoms with van der Waals surface area (Å²) in [6.45, 7) is 6.16. The zero-order valence-corrected chi connectivity index (χ0v) is 23.3. The van der Waals surface area contributed by atoms with Crippen molar-refractivity contribution in [3.63, 3.8) is 0 Å². The van der Waals surface area contributed by atoms with Crippen LogP contribution in [0.25, 0.3) is 11.0 Å². The molecule has 8 heteroatoms. The number of ketones is 2. The molecule has 0 saturated heterocycles. The molecule has 6 unspecified atom stereocenters. The number of fused-ring (bicyclic) bond motifs is 8. The summed E-state index contributed by atoms with van der Waals surface area (Å²) in [7, 11) is 0. The molecule has 7 nitrogen and oxygen atoms in total. The zero-order chi connectivity index (χ0) is 27.2. The van der Waals surface area contributed by atoms with Gasteiger partial charge in [-0.1, -0.05) is 49.4 Å². The maximum absolute atomic E-state index is 14.3. The van der Waals surface area contributed by atoms with Crippen LogP contribution in [0.15, 0.2) is 64.3 Å². The van der Waals surface area contributed by atoms with E-state index in [1.165, 1.54) is 11.8 Å². The summed E-state index contributed by atoms with van der Waals surface area (Å²) in [4.78, 5) is 40.6. The first kappa shape index (κ1) is 25.1. The predicted octanol–water partition coefficient (Wildman–Crippen LogP) is 4.74. The van der Waals surface area contributed by atoms with Crippen LogP contribution in [-0.4, -0.2) is 56.0 Å². The second kappa shape index (κ2) is 8.58. The normalized spacial score (nSPS) is 40.2. The summed E-state index contributed by atoms with van der Waals surface area (Å²) < 4.78 is 6.28. The highest BCUT2D eigenvalue weighted by Gasteiger charge is 2.74. The number of hydrogen-bond acceptors (Lipinski definition) is 8. The fourth-order valence-corrected chi connectivity index (χ4v) is 9.74. The Morgan fingerprint density at radius 2 is 2.03 bits per heavy atom. The van der Waals surface area contributed by atoms with Crippen molar-refractivity contribution in [1.82, 2.24) is 9.97 Å². The summed E-state index contributed by atoms with van der Waals surface area (Å²) in [5.74, 6) is 1.23. The van der Waals surface area contributed by atoms with E-state index in [-0.39, 0.29) is 46.6 Å². The van der Waals surface area contributed by atoms with Crippen molar-refractivity contribution in [3.05, 3.63) is 54.3 Å². The third-order valence-corrected chi connectivity index (χ3v) is 11.4. The first-order valence-corrected chi connectivity index (χ1v) is 14.9. The van der Waals surface area contributed by atoms with Crippen LogP contribution >= 0.6 is 11.8 Å². The minimum atomic E-state index is -1.03. The highest BCUT2D eigenvalue weighted by molar-refractivity contribution is 7.99. The fraction of sp³-hybridized carbons (Fsp3) is 0.516. The van der Waals surface area contributed by atoms with Crippen LogP contribution in [0.4, 0.5) is 0 Å². The van der Waals surface area contributed by atoms with Gasteiger partial charge in [0.2, 0.25) is 0 Å². The van der Waals surface area contributed by atoms with E-state index in [4.69, 9.17) is 14.7 Å². The molecule has 0 spiro atoms. The average molecular weight is 544 g/mol. The number of carbonyl (C=O) groups excluding carboxylic acids is 2. The molecular formula is C31H33N3O4S. The Bertz CT molecular complexity index is 1500. The molecule has 202 valence electrons. The van der Waals surface area contributed by atoms with Gasteiger partial charge in [-0.05, 0) is 61.8 Å². The van der Waals surface area contributed by atoms with Crippen molar-refractivity contribution in [2.24, 2.45) is 33.6 Å². The number of rotatable bonds is 4. The number of aliphatic imine (C=N–C) groups is 1. The third-order valence-electron chi connectivity index (χ3n) is 10.5. The van der Waals surface area contributed by atoms with Gasteiger partial charge in [0, 0.05) is 23.7 Å². The smallest absolute Gasteiger partial charge is 0.181 e. The second-order valence-electron chi connectivity index (χ2n) is 12.4. The van der Waals surface area contributed by atoms with E-state index >= 15 is 0 Å². The number of thioether (sulfide) groups is 1. The summed E-state index contributed by atoms with van der Waals surface area (Å²) in [5.41, 5.74) is 0.841. The molecule has 2 heterocycles. The maximum atomic E-state index is 14.3. The molecule has 1 aromatic carbocycles. The SMILES string of the molecule is CC1=N[C@]2(C(=O)CSc3cnc4ccccc4n3)[C@@H](CC3C4CCC5=CC(=O)C=CC5(C)C4C(O)CC32C)O1. The van der Waals surface area contributed by atoms with Crippen molar-refractivity contribution in [3.8, 4) is 0 Å². The highest BCUT2D eigenvalue weighted by Crippen LogP contribution is 2.69. The lowest BCUT2D eigenvalue weighted by molar-refractivity contribution is -0.141. The number of allylic oxidation sites excluding steroid dienone is 4. The van der Waals surface area contributed by atoms with Crippen LogP contribution in [0.3, 0.4) is 0 Å². The number of carbonyl (C=O) groups is 2. The molecule has 5 aliphatic rings. The molecular weight excluding hydrogens is 510 g/mol. The van der Waals surface area contributed by atoms with E-state index < -0.39 is 17.1 Å². The van der Waals surface area contributed by atoms with E-state index in [0.717, 1.165) is 35.9 Å². The van der Waals surface area contributed by atoms with Crippen molar-refractivity contribution in [1.29, 1.82) is 0 Å². The van der Waals surface area contributed by atoms with Crippen molar-refractivity contribution >= 4 is 40.3 Å². The average Bonchev–Trinajstić information content (AvgIpc) is 3.37. The summed E-state index contributed by atoms with van der Waals surface area (Å²) in [6.07, 6.45) is 9.18. The Balaban J connectivity index is 1.21. The fourth-order valence-electron chi connectivity index (χ4n) is 8.95. The molecule has 2 aromatic rings. The van der Waals surface area contributed by atoms with Crippen LogP contribution in [0.1, 0.15) is 46.5 Å². The largest absolute Gasteiger partial charge is 0.475 e. The molecule has 1 aliphatic heterocycles. The second-order valence-corrected chi connectivity index (χ2v) is 13.4. The van der Waals surface area contributed by atoms with Gasteiger partial charge in [-0.25, -0.2) is 9.98 Å². The Kier molecular flexibility index (Phi) is 5.53. The molecule has 7 rings (SSSR count). The molecule has 1 aromatic heterocycles. The number of Topliss-reactive ketones (excluding diaryl/α,β-unsaturated/α-hetero) is 1. The lowest BCUT2D eigenvalue weighted by Gasteiger charge is -2.59. The van der Waals surface area contributed by atoms with Crippen molar-refractivity contribution in [2.75, 3.05) is 5.75 Å². The Morgan fingerprint density at radius 1 is 1.23 bits per heavy atom. The van der Waals surface area contributed by atoms with Gasteiger partial charge in [0.15, 0.2) is 23.0 Å². The van der Waals surface area contributed by atoms with E-state index in [2.05, 4.69) is 18.8 Å². The first-order chi connectivity index (χ1) is 18.7. The molecule has 0 bridgehead atoms. The minimum absolute atomic E-state index is 0.00164. The van der Waals surface area contributed by atoms with Gasteiger partial charge in [0.05, 0.1) is 29.1 Å². The van der Waals surface area contributed by atoms with Gasteiger partial charge in [-0.15, -0.1) is 0 Å². The van der Waals surface area contributed by atoms with Crippen LogP contribution in [0.2, 0.25) is 0 Å². The molecule has 8 atom stereocenters. The zero-order valence-electron chi connectivity index (χ0n) is 22.5. The molecule has 3 saturated carbocycles. The number of aromatic nitrogens is 2. The molecule has 3 fully saturated rings. The molecule has 4 aliphatic carbocycles. The Hall–Kier alpha value is -2.84. The van der Waals surface area contributed by atoms with E-state index in [0.29, 0.717) is 17.3 Å². The van der Waals surface area contributed by atoms with Gasteiger partial charge in [0.25, 0.3) is 0 Å². The number of aliphatic hydroxyl groups is 1. The molecule has 1 N–H and O–H groups in total. The number of aliphatic hydroxyl groups excluding tert-OH is 1.